The molecule has 0 bridgehead atoms. The first-order chi connectivity index (χ1) is 11.0. The van der Waals surface area contributed by atoms with Crippen molar-refractivity contribution in [1.82, 2.24) is 0 Å². The van der Waals surface area contributed by atoms with E-state index in [-0.39, 0.29) is 5.91 Å². The van der Waals surface area contributed by atoms with Crippen LogP contribution in [0, 0.1) is 0 Å². The summed E-state index contributed by atoms with van der Waals surface area (Å²) in [7, 11) is 3.16. The van der Waals surface area contributed by atoms with E-state index in [1.165, 1.54) is 0 Å². The lowest BCUT2D eigenvalue weighted by Crippen LogP contribution is -2.12. The van der Waals surface area contributed by atoms with Crippen LogP contribution in [0.4, 0.5) is 5.69 Å². The number of hydrogen-bond acceptors (Lipinski definition) is 3. The van der Waals surface area contributed by atoms with Gasteiger partial charge in [-0.1, -0.05) is 35.3 Å². The maximum Gasteiger partial charge on any atom is 0.224 e. The Hall–Kier alpha value is -1.91. The smallest absolute Gasteiger partial charge is 0.224 e. The number of amides is 1. The first-order valence-corrected chi connectivity index (χ1v) is 7.75. The van der Waals surface area contributed by atoms with Gasteiger partial charge in [0, 0.05) is 6.42 Å². The number of aryl methyl sites for hydroxylation is 1. The minimum Gasteiger partial charge on any atom is -0.493 e. The number of halogens is 2. The highest BCUT2D eigenvalue weighted by Gasteiger charge is 2.10. The number of carbonyl (C=O) groups is 1. The Labute approximate surface area is 145 Å². The van der Waals surface area contributed by atoms with E-state index in [1.54, 1.807) is 32.4 Å². The summed E-state index contributed by atoms with van der Waals surface area (Å²) >= 11 is 12.0. The van der Waals surface area contributed by atoms with E-state index in [0.29, 0.717) is 40.1 Å². The van der Waals surface area contributed by atoms with Crippen molar-refractivity contribution >= 4 is 34.8 Å². The maximum absolute atomic E-state index is 12.1. The average Bonchev–Trinajstić information content (AvgIpc) is 2.56. The molecule has 0 unspecified atom stereocenters. The maximum atomic E-state index is 12.1. The van der Waals surface area contributed by atoms with Crippen molar-refractivity contribution in [2.75, 3.05) is 19.5 Å². The summed E-state index contributed by atoms with van der Waals surface area (Å²) in [6, 6.07) is 10.7. The molecule has 2 aromatic rings. The fourth-order valence-electron chi connectivity index (χ4n) is 2.11. The van der Waals surface area contributed by atoms with E-state index in [9.17, 15) is 4.79 Å². The zero-order valence-electron chi connectivity index (χ0n) is 12.9. The zero-order chi connectivity index (χ0) is 16.8. The van der Waals surface area contributed by atoms with Gasteiger partial charge < -0.3 is 14.8 Å². The molecule has 0 fully saturated rings. The summed E-state index contributed by atoms with van der Waals surface area (Å²) < 4.78 is 10.4. The van der Waals surface area contributed by atoms with Gasteiger partial charge in [-0.25, -0.2) is 0 Å². The predicted octanol–water partition coefficient (Wildman–Crippen LogP) is 4.58. The van der Waals surface area contributed by atoms with Crippen LogP contribution in [-0.2, 0) is 11.2 Å². The molecule has 0 aliphatic carbocycles. The highest BCUT2D eigenvalue weighted by atomic mass is 35.5. The van der Waals surface area contributed by atoms with Crippen molar-refractivity contribution in [3.8, 4) is 11.5 Å². The van der Waals surface area contributed by atoms with E-state index in [4.69, 9.17) is 32.7 Å². The second kappa shape index (κ2) is 8.09. The lowest BCUT2D eigenvalue weighted by Gasteiger charge is -2.10. The van der Waals surface area contributed by atoms with Crippen LogP contribution in [0.1, 0.15) is 12.0 Å². The minimum atomic E-state index is -0.135. The zero-order valence-corrected chi connectivity index (χ0v) is 14.4. The lowest BCUT2D eigenvalue weighted by atomic mass is 10.1. The van der Waals surface area contributed by atoms with Crippen molar-refractivity contribution in [2.45, 2.75) is 12.8 Å². The average molecular weight is 354 g/mol. The Morgan fingerprint density at radius 3 is 2.52 bits per heavy atom. The summed E-state index contributed by atoms with van der Waals surface area (Å²) in [4.78, 5) is 12.1. The van der Waals surface area contributed by atoms with Crippen LogP contribution >= 0.6 is 23.2 Å². The van der Waals surface area contributed by atoms with Crippen molar-refractivity contribution in [2.24, 2.45) is 0 Å². The van der Waals surface area contributed by atoms with Gasteiger partial charge in [-0.15, -0.1) is 0 Å². The Kier molecular flexibility index (Phi) is 6.13. The molecule has 2 rings (SSSR count). The second-order valence-corrected chi connectivity index (χ2v) is 5.62. The fourth-order valence-corrected chi connectivity index (χ4v) is 2.45. The first kappa shape index (κ1) is 17.4. The molecule has 0 saturated heterocycles. The van der Waals surface area contributed by atoms with Crippen molar-refractivity contribution < 1.29 is 14.3 Å². The summed E-state index contributed by atoms with van der Waals surface area (Å²) in [5.41, 5.74) is 1.49. The van der Waals surface area contributed by atoms with E-state index >= 15 is 0 Å². The Morgan fingerprint density at radius 1 is 1.09 bits per heavy atom. The van der Waals surface area contributed by atoms with E-state index < -0.39 is 0 Å². The Balaban J connectivity index is 1.98. The van der Waals surface area contributed by atoms with Crippen LogP contribution in [0.15, 0.2) is 36.4 Å². The number of nitrogens with one attached hydrogen (secondary N) is 1. The second-order valence-electron chi connectivity index (χ2n) is 4.84. The van der Waals surface area contributed by atoms with Crippen molar-refractivity contribution in [3.05, 3.63) is 52.0 Å². The molecule has 2 aromatic carbocycles. The Morgan fingerprint density at radius 2 is 1.83 bits per heavy atom. The molecule has 0 atom stereocenters. The quantitative estimate of drug-likeness (QED) is 0.826. The summed E-state index contributed by atoms with van der Waals surface area (Å²) in [5, 5.41) is 3.51. The molecule has 6 heteroatoms. The van der Waals surface area contributed by atoms with E-state index in [0.717, 1.165) is 5.56 Å². The molecule has 0 aliphatic rings. The molecule has 0 spiro atoms. The van der Waals surface area contributed by atoms with Crippen LogP contribution in [-0.4, -0.2) is 20.1 Å². The van der Waals surface area contributed by atoms with Crippen molar-refractivity contribution in [1.29, 1.82) is 0 Å². The van der Waals surface area contributed by atoms with Gasteiger partial charge in [-0.2, -0.15) is 0 Å². The van der Waals surface area contributed by atoms with Crippen LogP contribution in [0.25, 0.3) is 0 Å². The number of carbonyl (C=O) groups excluding carboxylic acids is 1. The molecule has 0 radical (unpaired) electrons. The van der Waals surface area contributed by atoms with E-state index in [2.05, 4.69) is 5.32 Å². The monoisotopic (exact) mass is 353 g/mol. The fraction of sp³-hybridized carbons (Fsp3) is 0.235. The molecule has 122 valence electrons. The van der Waals surface area contributed by atoms with Crippen LogP contribution < -0.4 is 14.8 Å². The number of methoxy groups -OCH3 is 2. The minimum absolute atomic E-state index is 0.135. The van der Waals surface area contributed by atoms with Gasteiger partial charge in [0.15, 0.2) is 11.5 Å². The molecule has 0 aliphatic heterocycles. The third-order valence-electron chi connectivity index (χ3n) is 3.31. The molecular formula is C17H17Cl2NO3. The molecule has 0 saturated carbocycles. The third-order valence-corrected chi connectivity index (χ3v) is 4.13. The predicted molar refractivity (Wildman–Crippen MR) is 93.0 cm³/mol. The van der Waals surface area contributed by atoms with Crippen LogP contribution in [0.5, 0.6) is 11.5 Å². The molecule has 0 aromatic heterocycles. The highest BCUT2D eigenvalue weighted by molar-refractivity contribution is 6.43. The molecule has 4 nitrogen and oxygen atoms in total. The third kappa shape index (κ3) is 4.53. The van der Waals surface area contributed by atoms with Gasteiger partial charge in [-0.05, 0) is 36.2 Å². The lowest BCUT2D eigenvalue weighted by molar-refractivity contribution is -0.116. The topological polar surface area (TPSA) is 47.6 Å². The molecule has 1 amide bonds. The van der Waals surface area contributed by atoms with Gasteiger partial charge in [0.1, 0.15) is 0 Å². The molecule has 23 heavy (non-hydrogen) atoms. The first-order valence-electron chi connectivity index (χ1n) is 7.00. The summed E-state index contributed by atoms with van der Waals surface area (Å²) in [5.74, 6) is 1.17. The van der Waals surface area contributed by atoms with Gasteiger partial charge in [0.05, 0.1) is 30.0 Å². The van der Waals surface area contributed by atoms with Crippen molar-refractivity contribution in [3.63, 3.8) is 0 Å². The van der Waals surface area contributed by atoms with Gasteiger partial charge >= 0.3 is 0 Å². The SMILES string of the molecule is COc1ccc(CCC(=O)Nc2cccc(Cl)c2Cl)cc1OC. The standard InChI is InChI=1S/C17H17Cl2NO3/c1-22-14-8-6-11(10-15(14)23-2)7-9-16(21)20-13-5-3-4-12(18)17(13)19/h3-6,8,10H,7,9H2,1-2H3,(H,20,21). The van der Waals surface area contributed by atoms with Crippen LogP contribution in [0.3, 0.4) is 0 Å². The number of hydrogen-bond donors (Lipinski definition) is 1. The number of rotatable bonds is 6. The number of anilines is 1. The van der Waals surface area contributed by atoms with Gasteiger partial charge in [0.2, 0.25) is 5.91 Å². The summed E-state index contributed by atoms with van der Waals surface area (Å²) in [6.07, 6.45) is 0.892. The normalized spacial score (nSPS) is 10.3. The molecule has 0 heterocycles. The highest BCUT2D eigenvalue weighted by Crippen LogP contribution is 2.30. The molecule has 1 N–H and O–H groups in total. The largest absolute Gasteiger partial charge is 0.493 e. The Bertz CT molecular complexity index is 704. The van der Waals surface area contributed by atoms with E-state index in [1.807, 2.05) is 18.2 Å². The molecular weight excluding hydrogens is 337 g/mol. The van der Waals surface area contributed by atoms with Gasteiger partial charge in [-0.3, -0.25) is 4.79 Å². The van der Waals surface area contributed by atoms with Crippen LogP contribution in [0.2, 0.25) is 10.0 Å². The summed E-state index contributed by atoms with van der Waals surface area (Å²) in [6.45, 7) is 0. The number of benzene rings is 2. The van der Waals surface area contributed by atoms with Gasteiger partial charge in [0.25, 0.3) is 0 Å². The number of ether oxygens (including phenoxy) is 2.